The van der Waals surface area contributed by atoms with Gasteiger partial charge in [-0.3, -0.25) is 4.79 Å². The second kappa shape index (κ2) is 7.62. The van der Waals surface area contributed by atoms with Crippen molar-refractivity contribution in [1.82, 2.24) is 0 Å². The molecule has 0 aliphatic heterocycles. The standard InChI is InChI=1S/C17H16N2O4S/c1-4-23-17(21)14-10(2)12(9-18)16(24-14)19-15(20)11-7-5-6-8-13(11)22-3/h5-8H,4H2,1-3H3,(H,19,20). The molecule has 1 aromatic heterocycles. The Morgan fingerprint density at radius 2 is 2.04 bits per heavy atom. The van der Waals surface area contributed by atoms with Gasteiger partial charge in [0.25, 0.3) is 5.91 Å². The molecule has 1 aromatic carbocycles. The predicted molar refractivity (Wildman–Crippen MR) is 90.7 cm³/mol. The molecule has 0 radical (unpaired) electrons. The van der Waals surface area contributed by atoms with E-state index in [2.05, 4.69) is 5.32 Å². The number of ether oxygens (including phenoxy) is 2. The maximum Gasteiger partial charge on any atom is 0.348 e. The molecule has 0 fully saturated rings. The minimum atomic E-state index is -0.505. The summed E-state index contributed by atoms with van der Waals surface area (Å²) in [5, 5.41) is 12.3. The number of thiophene rings is 1. The monoisotopic (exact) mass is 344 g/mol. The van der Waals surface area contributed by atoms with Crippen LogP contribution in [0.25, 0.3) is 0 Å². The summed E-state index contributed by atoms with van der Waals surface area (Å²) >= 11 is 1.03. The number of amides is 1. The van der Waals surface area contributed by atoms with E-state index in [0.717, 1.165) is 11.3 Å². The summed E-state index contributed by atoms with van der Waals surface area (Å²) in [5.41, 5.74) is 1.09. The lowest BCUT2D eigenvalue weighted by molar-refractivity contribution is 0.0531. The van der Waals surface area contributed by atoms with E-state index in [1.807, 2.05) is 6.07 Å². The van der Waals surface area contributed by atoms with Crippen LogP contribution in [0.1, 0.15) is 38.1 Å². The molecule has 0 unspecified atom stereocenters. The number of carbonyl (C=O) groups excluding carboxylic acids is 2. The Morgan fingerprint density at radius 3 is 2.67 bits per heavy atom. The Labute approximate surface area is 143 Å². The van der Waals surface area contributed by atoms with Gasteiger partial charge in [-0.2, -0.15) is 5.26 Å². The van der Waals surface area contributed by atoms with E-state index in [4.69, 9.17) is 9.47 Å². The third-order valence-electron chi connectivity index (χ3n) is 3.30. The lowest BCUT2D eigenvalue weighted by Crippen LogP contribution is -2.13. The number of carbonyl (C=O) groups is 2. The fraction of sp³-hybridized carbons (Fsp3) is 0.235. The third-order valence-corrected chi connectivity index (χ3v) is 4.49. The molecule has 2 aromatic rings. The fourth-order valence-electron chi connectivity index (χ4n) is 2.13. The summed E-state index contributed by atoms with van der Waals surface area (Å²) in [6.45, 7) is 3.59. The molecule has 124 valence electrons. The van der Waals surface area contributed by atoms with Gasteiger partial charge in [0.1, 0.15) is 21.7 Å². The maximum atomic E-state index is 12.5. The number of para-hydroxylation sites is 1. The van der Waals surface area contributed by atoms with Crippen LogP contribution >= 0.6 is 11.3 Å². The summed E-state index contributed by atoms with van der Waals surface area (Å²) < 4.78 is 10.1. The second-order valence-corrected chi connectivity index (χ2v) is 5.77. The summed E-state index contributed by atoms with van der Waals surface area (Å²) in [6, 6.07) is 8.78. The molecular formula is C17H16N2O4S. The number of nitrogens with zero attached hydrogens (tertiary/aromatic N) is 1. The first-order chi connectivity index (χ1) is 11.5. The van der Waals surface area contributed by atoms with Crippen LogP contribution in [0.2, 0.25) is 0 Å². The van der Waals surface area contributed by atoms with Gasteiger partial charge in [0.15, 0.2) is 0 Å². The lowest BCUT2D eigenvalue weighted by atomic mass is 10.1. The first-order valence-electron chi connectivity index (χ1n) is 7.18. The number of nitriles is 1. The number of rotatable bonds is 5. The molecule has 0 aliphatic rings. The van der Waals surface area contributed by atoms with Gasteiger partial charge in [0.2, 0.25) is 0 Å². The Morgan fingerprint density at radius 1 is 1.33 bits per heavy atom. The van der Waals surface area contributed by atoms with Crippen molar-refractivity contribution < 1.29 is 19.1 Å². The number of nitrogens with one attached hydrogen (secondary N) is 1. The zero-order valence-electron chi connectivity index (χ0n) is 13.5. The van der Waals surface area contributed by atoms with Gasteiger partial charge in [0, 0.05) is 0 Å². The Hall–Kier alpha value is -2.85. The lowest BCUT2D eigenvalue weighted by Gasteiger charge is -2.08. The number of hydrogen-bond acceptors (Lipinski definition) is 6. The minimum Gasteiger partial charge on any atom is -0.496 e. The van der Waals surface area contributed by atoms with E-state index in [1.165, 1.54) is 7.11 Å². The number of benzene rings is 1. The normalized spacial score (nSPS) is 9.92. The van der Waals surface area contributed by atoms with E-state index >= 15 is 0 Å². The Kier molecular flexibility index (Phi) is 5.55. The SMILES string of the molecule is CCOC(=O)c1sc(NC(=O)c2ccccc2OC)c(C#N)c1C. The largest absolute Gasteiger partial charge is 0.496 e. The van der Waals surface area contributed by atoms with Crippen molar-refractivity contribution in [1.29, 1.82) is 5.26 Å². The zero-order valence-corrected chi connectivity index (χ0v) is 14.3. The topological polar surface area (TPSA) is 88.4 Å². The average molecular weight is 344 g/mol. The maximum absolute atomic E-state index is 12.5. The molecular weight excluding hydrogens is 328 g/mol. The number of anilines is 1. The van der Waals surface area contributed by atoms with Gasteiger partial charge >= 0.3 is 5.97 Å². The molecule has 0 aliphatic carbocycles. The number of esters is 1. The van der Waals surface area contributed by atoms with E-state index in [9.17, 15) is 14.9 Å². The molecule has 0 atom stereocenters. The van der Waals surface area contributed by atoms with Crippen LogP contribution in [0.3, 0.4) is 0 Å². The van der Waals surface area contributed by atoms with E-state index < -0.39 is 11.9 Å². The Balaban J connectivity index is 2.36. The fourth-order valence-corrected chi connectivity index (χ4v) is 3.18. The van der Waals surface area contributed by atoms with Crippen molar-refractivity contribution in [3.63, 3.8) is 0 Å². The smallest absolute Gasteiger partial charge is 0.348 e. The highest BCUT2D eigenvalue weighted by Gasteiger charge is 2.23. The first-order valence-corrected chi connectivity index (χ1v) is 8.00. The van der Waals surface area contributed by atoms with E-state index in [1.54, 1.807) is 38.1 Å². The predicted octanol–water partition coefficient (Wildman–Crippen LogP) is 3.37. The van der Waals surface area contributed by atoms with Crippen molar-refractivity contribution in [3.05, 3.63) is 45.8 Å². The minimum absolute atomic E-state index is 0.237. The average Bonchev–Trinajstić information content (AvgIpc) is 2.90. The Bertz CT molecular complexity index is 820. The van der Waals surface area contributed by atoms with Gasteiger partial charge in [-0.25, -0.2) is 4.79 Å². The van der Waals surface area contributed by atoms with Gasteiger partial charge in [-0.15, -0.1) is 11.3 Å². The first kappa shape index (κ1) is 17.5. The van der Waals surface area contributed by atoms with Crippen LogP contribution < -0.4 is 10.1 Å². The van der Waals surface area contributed by atoms with Gasteiger partial charge in [-0.1, -0.05) is 12.1 Å². The molecule has 24 heavy (non-hydrogen) atoms. The van der Waals surface area contributed by atoms with Crippen molar-refractivity contribution >= 4 is 28.2 Å². The van der Waals surface area contributed by atoms with Gasteiger partial charge < -0.3 is 14.8 Å². The van der Waals surface area contributed by atoms with Crippen LogP contribution in [-0.4, -0.2) is 25.6 Å². The molecule has 2 rings (SSSR count). The summed E-state index contributed by atoms with van der Waals surface area (Å²) in [5.74, 6) is -0.498. The molecule has 0 saturated carbocycles. The highest BCUT2D eigenvalue weighted by atomic mass is 32.1. The summed E-state index contributed by atoms with van der Waals surface area (Å²) in [7, 11) is 1.47. The number of hydrogen-bond donors (Lipinski definition) is 1. The molecule has 1 amide bonds. The van der Waals surface area contributed by atoms with Crippen LogP contribution in [0, 0.1) is 18.3 Å². The van der Waals surface area contributed by atoms with Crippen LogP contribution in [0.15, 0.2) is 24.3 Å². The quantitative estimate of drug-likeness (QED) is 0.840. The van der Waals surface area contributed by atoms with Crippen LogP contribution in [0.4, 0.5) is 5.00 Å². The molecule has 0 spiro atoms. The third kappa shape index (κ3) is 3.39. The van der Waals surface area contributed by atoms with E-state index in [0.29, 0.717) is 26.8 Å². The van der Waals surface area contributed by atoms with Crippen molar-refractivity contribution in [2.24, 2.45) is 0 Å². The van der Waals surface area contributed by atoms with Crippen LogP contribution in [0.5, 0.6) is 5.75 Å². The van der Waals surface area contributed by atoms with Crippen molar-refractivity contribution in [2.45, 2.75) is 13.8 Å². The molecule has 1 heterocycles. The van der Waals surface area contributed by atoms with Gasteiger partial charge in [-0.05, 0) is 31.5 Å². The van der Waals surface area contributed by atoms with Gasteiger partial charge in [0.05, 0.1) is 24.8 Å². The summed E-state index contributed by atoms with van der Waals surface area (Å²) in [6.07, 6.45) is 0. The molecule has 1 N–H and O–H groups in total. The van der Waals surface area contributed by atoms with Crippen molar-refractivity contribution in [2.75, 3.05) is 19.0 Å². The van der Waals surface area contributed by atoms with E-state index in [-0.39, 0.29) is 12.2 Å². The molecule has 6 nitrogen and oxygen atoms in total. The summed E-state index contributed by atoms with van der Waals surface area (Å²) in [4.78, 5) is 24.7. The molecule has 0 bridgehead atoms. The zero-order chi connectivity index (χ0) is 17.7. The number of methoxy groups -OCH3 is 1. The molecule has 7 heteroatoms. The van der Waals surface area contributed by atoms with Crippen LogP contribution in [-0.2, 0) is 4.74 Å². The van der Waals surface area contributed by atoms with Crippen molar-refractivity contribution in [3.8, 4) is 11.8 Å². The highest BCUT2D eigenvalue weighted by molar-refractivity contribution is 7.18. The highest BCUT2D eigenvalue weighted by Crippen LogP contribution is 2.33. The second-order valence-electron chi connectivity index (χ2n) is 4.75. The molecule has 0 saturated heterocycles.